The maximum Gasteiger partial charge on any atom is 0.224 e. The van der Waals surface area contributed by atoms with Gasteiger partial charge in [-0.3, -0.25) is 4.79 Å². The summed E-state index contributed by atoms with van der Waals surface area (Å²) in [7, 11) is 0. The van der Waals surface area contributed by atoms with Crippen LogP contribution in [0.3, 0.4) is 0 Å². The molecule has 2 fully saturated rings. The van der Waals surface area contributed by atoms with Crippen LogP contribution < -0.4 is 10.6 Å². The van der Waals surface area contributed by atoms with Gasteiger partial charge in [-0.05, 0) is 32.1 Å². The molecule has 1 aliphatic carbocycles. The molecule has 1 amide bonds. The van der Waals surface area contributed by atoms with Gasteiger partial charge in [0.05, 0.1) is 5.92 Å². The van der Waals surface area contributed by atoms with Gasteiger partial charge in [-0.15, -0.1) is 0 Å². The molecule has 0 aromatic rings. The Labute approximate surface area is 102 Å². The van der Waals surface area contributed by atoms with E-state index < -0.39 is 0 Å². The van der Waals surface area contributed by atoms with Crippen molar-refractivity contribution in [3.63, 3.8) is 0 Å². The van der Waals surface area contributed by atoms with Crippen LogP contribution in [-0.2, 0) is 4.79 Å². The molecular weight excluding hydrogens is 220 g/mol. The normalized spacial score (nSPS) is 34.9. The molecule has 16 heavy (non-hydrogen) atoms. The molecule has 0 bridgehead atoms. The summed E-state index contributed by atoms with van der Waals surface area (Å²) in [6, 6.07) is 0.414. The first-order valence-corrected chi connectivity index (χ1v) is 7.64. The van der Waals surface area contributed by atoms with Gasteiger partial charge in [-0.25, -0.2) is 0 Å². The summed E-state index contributed by atoms with van der Waals surface area (Å²) in [6.07, 6.45) is 8.18. The van der Waals surface area contributed by atoms with Gasteiger partial charge in [0.2, 0.25) is 5.91 Å². The molecule has 1 saturated carbocycles. The standard InChI is InChI=1S/C12H22N2OS/c1-16-11-5-3-2-4-10(11)14-12(15)9-6-7-13-8-9/h9-11,13H,2-8H2,1H3,(H,14,15). The van der Waals surface area contributed by atoms with E-state index in [9.17, 15) is 4.79 Å². The van der Waals surface area contributed by atoms with Crippen LogP contribution in [0.2, 0.25) is 0 Å². The van der Waals surface area contributed by atoms with E-state index >= 15 is 0 Å². The number of rotatable bonds is 3. The van der Waals surface area contributed by atoms with E-state index in [1.54, 1.807) is 0 Å². The molecule has 1 saturated heterocycles. The van der Waals surface area contributed by atoms with Crippen molar-refractivity contribution in [3.8, 4) is 0 Å². The molecule has 2 N–H and O–H groups in total. The molecule has 92 valence electrons. The van der Waals surface area contributed by atoms with Crippen molar-refractivity contribution in [2.45, 2.75) is 43.4 Å². The quantitative estimate of drug-likeness (QED) is 0.786. The number of amides is 1. The Morgan fingerprint density at radius 2 is 2.12 bits per heavy atom. The van der Waals surface area contributed by atoms with E-state index in [4.69, 9.17) is 0 Å². The molecule has 1 aliphatic heterocycles. The van der Waals surface area contributed by atoms with E-state index in [1.807, 2.05) is 11.8 Å². The Kier molecular flexibility index (Phi) is 4.53. The first kappa shape index (κ1) is 12.2. The molecule has 2 aliphatic rings. The third-order valence-electron chi connectivity index (χ3n) is 3.76. The van der Waals surface area contributed by atoms with E-state index in [0.717, 1.165) is 25.9 Å². The van der Waals surface area contributed by atoms with E-state index in [0.29, 0.717) is 11.3 Å². The van der Waals surface area contributed by atoms with E-state index in [-0.39, 0.29) is 11.8 Å². The fourth-order valence-corrected chi connectivity index (χ4v) is 3.66. The maximum absolute atomic E-state index is 12.0. The van der Waals surface area contributed by atoms with Crippen LogP contribution in [0.5, 0.6) is 0 Å². The molecule has 0 aromatic carbocycles. The van der Waals surface area contributed by atoms with Crippen LogP contribution in [0.4, 0.5) is 0 Å². The van der Waals surface area contributed by atoms with Crippen molar-refractivity contribution in [3.05, 3.63) is 0 Å². The van der Waals surface area contributed by atoms with Crippen LogP contribution in [0, 0.1) is 5.92 Å². The summed E-state index contributed by atoms with van der Waals surface area (Å²) < 4.78 is 0. The lowest BCUT2D eigenvalue weighted by atomic mass is 9.94. The number of carbonyl (C=O) groups excluding carboxylic acids is 1. The van der Waals surface area contributed by atoms with Crippen molar-refractivity contribution in [2.75, 3.05) is 19.3 Å². The Hall–Kier alpha value is -0.220. The Balaban J connectivity index is 1.84. The molecule has 3 unspecified atom stereocenters. The van der Waals surface area contributed by atoms with Crippen molar-refractivity contribution >= 4 is 17.7 Å². The highest BCUT2D eigenvalue weighted by molar-refractivity contribution is 7.99. The zero-order chi connectivity index (χ0) is 11.4. The molecule has 2 rings (SSSR count). The van der Waals surface area contributed by atoms with Gasteiger partial charge in [0.25, 0.3) is 0 Å². The van der Waals surface area contributed by atoms with Crippen molar-refractivity contribution in [1.29, 1.82) is 0 Å². The van der Waals surface area contributed by atoms with Gasteiger partial charge in [-0.2, -0.15) is 11.8 Å². The number of hydrogen-bond acceptors (Lipinski definition) is 3. The Bertz CT molecular complexity index is 241. The molecular formula is C12H22N2OS. The molecule has 4 heteroatoms. The van der Waals surface area contributed by atoms with Gasteiger partial charge in [0, 0.05) is 17.8 Å². The largest absolute Gasteiger partial charge is 0.352 e. The van der Waals surface area contributed by atoms with Gasteiger partial charge in [0.1, 0.15) is 0 Å². The van der Waals surface area contributed by atoms with Crippen LogP contribution in [0.25, 0.3) is 0 Å². The summed E-state index contributed by atoms with van der Waals surface area (Å²) in [4.78, 5) is 12.0. The summed E-state index contributed by atoms with van der Waals surface area (Å²) in [5.41, 5.74) is 0. The van der Waals surface area contributed by atoms with Gasteiger partial charge < -0.3 is 10.6 Å². The van der Waals surface area contributed by atoms with E-state index in [1.165, 1.54) is 19.3 Å². The molecule has 3 atom stereocenters. The van der Waals surface area contributed by atoms with Crippen molar-refractivity contribution in [1.82, 2.24) is 10.6 Å². The lowest BCUT2D eigenvalue weighted by Gasteiger charge is -2.31. The van der Waals surface area contributed by atoms with Crippen LogP contribution in [0.1, 0.15) is 32.1 Å². The minimum absolute atomic E-state index is 0.212. The average Bonchev–Trinajstić information content (AvgIpc) is 2.83. The predicted molar refractivity (Wildman–Crippen MR) is 68.7 cm³/mol. The third kappa shape index (κ3) is 2.92. The third-order valence-corrected chi connectivity index (χ3v) is 4.93. The molecule has 1 heterocycles. The molecule has 0 radical (unpaired) electrons. The number of thioether (sulfide) groups is 1. The molecule has 3 nitrogen and oxygen atoms in total. The fraction of sp³-hybridized carbons (Fsp3) is 0.917. The summed E-state index contributed by atoms with van der Waals surface area (Å²) in [5.74, 6) is 0.486. The number of nitrogens with one attached hydrogen (secondary N) is 2. The van der Waals surface area contributed by atoms with Gasteiger partial charge in [0.15, 0.2) is 0 Å². The van der Waals surface area contributed by atoms with Gasteiger partial charge >= 0.3 is 0 Å². The predicted octanol–water partition coefficient (Wildman–Crippen LogP) is 1.39. The Morgan fingerprint density at radius 1 is 1.31 bits per heavy atom. The van der Waals surface area contributed by atoms with Crippen molar-refractivity contribution < 1.29 is 4.79 Å². The lowest BCUT2D eigenvalue weighted by molar-refractivity contribution is -0.125. The monoisotopic (exact) mass is 242 g/mol. The second-order valence-electron chi connectivity index (χ2n) is 4.86. The molecule has 0 spiro atoms. The number of hydrogen-bond donors (Lipinski definition) is 2. The highest BCUT2D eigenvalue weighted by atomic mass is 32.2. The number of carbonyl (C=O) groups is 1. The lowest BCUT2D eigenvalue weighted by Crippen LogP contribution is -2.46. The zero-order valence-corrected chi connectivity index (χ0v) is 10.8. The first-order valence-electron chi connectivity index (χ1n) is 6.35. The van der Waals surface area contributed by atoms with Crippen LogP contribution in [0.15, 0.2) is 0 Å². The molecule has 0 aromatic heterocycles. The van der Waals surface area contributed by atoms with Crippen molar-refractivity contribution in [2.24, 2.45) is 5.92 Å². The first-order chi connectivity index (χ1) is 7.81. The highest BCUT2D eigenvalue weighted by Gasteiger charge is 2.29. The van der Waals surface area contributed by atoms with E-state index in [2.05, 4.69) is 16.9 Å². The zero-order valence-electron chi connectivity index (χ0n) is 10.00. The fourth-order valence-electron chi connectivity index (χ4n) is 2.72. The second kappa shape index (κ2) is 5.92. The average molecular weight is 242 g/mol. The summed E-state index contributed by atoms with van der Waals surface area (Å²) >= 11 is 1.91. The Morgan fingerprint density at radius 3 is 2.81 bits per heavy atom. The minimum Gasteiger partial charge on any atom is -0.352 e. The smallest absolute Gasteiger partial charge is 0.224 e. The summed E-state index contributed by atoms with van der Waals surface area (Å²) in [5, 5.41) is 7.14. The van der Waals surface area contributed by atoms with Crippen LogP contribution in [-0.4, -0.2) is 36.5 Å². The SMILES string of the molecule is CSC1CCCCC1NC(=O)C1CCNC1. The topological polar surface area (TPSA) is 41.1 Å². The summed E-state index contributed by atoms with van der Waals surface area (Å²) in [6.45, 7) is 1.86. The maximum atomic E-state index is 12.0. The van der Waals surface area contributed by atoms with Crippen LogP contribution >= 0.6 is 11.8 Å². The second-order valence-corrected chi connectivity index (χ2v) is 5.94. The highest BCUT2D eigenvalue weighted by Crippen LogP contribution is 2.27. The van der Waals surface area contributed by atoms with Gasteiger partial charge in [-0.1, -0.05) is 12.8 Å². The minimum atomic E-state index is 0.212.